The third-order valence-electron chi connectivity index (χ3n) is 3.56. The lowest BCUT2D eigenvalue weighted by molar-refractivity contribution is -0.131. The summed E-state index contributed by atoms with van der Waals surface area (Å²) in [6.45, 7) is 2.25. The summed E-state index contributed by atoms with van der Waals surface area (Å²) in [5, 5.41) is 2.73. The first-order valence-corrected chi connectivity index (χ1v) is 7.58. The molecule has 2 rings (SSSR count). The molecule has 0 radical (unpaired) electrons. The van der Waals surface area contributed by atoms with E-state index in [1.807, 2.05) is 24.3 Å². The molecule has 1 heterocycles. The number of pyridine rings is 1. The van der Waals surface area contributed by atoms with E-state index in [9.17, 15) is 9.59 Å². The van der Waals surface area contributed by atoms with Crippen molar-refractivity contribution in [1.82, 2.24) is 15.2 Å². The van der Waals surface area contributed by atoms with Gasteiger partial charge in [-0.25, -0.2) is 0 Å². The molecule has 0 spiro atoms. The number of benzene rings is 1. The smallest absolute Gasteiger partial charge is 0.251 e. The molecule has 2 aromatic rings. The van der Waals surface area contributed by atoms with Crippen LogP contribution < -0.4 is 5.32 Å². The number of hydrogen-bond donors (Lipinski definition) is 1. The predicted octanol–water partition coefficient (Wildman–Crippen LogP) is 1.90. The van der Waals surface area contributed by atoms with Gasteiger partial charge in [-0.3, -0.25) is 14.6 Å². The van der Waals surface area contributed by atoms with Crippen LogP contribution in [-0.2, 0) is 11.2 Å². The fourth-order valence-corrected chi connectivity index (χ4v) is 2.20. The van der Waals surface area contributed by atoms with Crippen molar-refractivity contribution >= 4 is 11.8 Å². The van der Waals surface area contributed by atoms with E-state index >= 15 is 0 Å². The van der Waals surface area contributed by atoms with Gasteiger partial charge in [0.1, 0.15) is 6.04 Å². The third kappa shape index (κ3) is 4.92. The van der Waals surface area contributed by atoms with Crippen molar-refractivity contribution in [3.8, 4) is 0 Å². The second-order valence-electron chi connectivity index (χ2n) is 5.39. The molecule has 0 aliphatic heterocycles. The molecule has 5 nitrogen and oxygen atoms in total. The maximum absolute atomic E-state index is 12.3. The van der Waals surface area contributed by atoms with E-state index in [4.69, 9.17) is 0 Å². The first-order chi connectivity index (χ1) is 11.1. The molecule has 0 saturated carbocycles. The number of likely N-dealkylation sites (N-methyl/N-ethyl adjacent to an activating group) is 1. The molecular formula is C18H21N3O2. The molecule has 0 bridgehead atoms. The molecule has 120 valence electrons. The number of hydrogen-bond acceptors (Lipinski definition) is 3. The second kappa shape index (κ2) is 8.08. The predicted molar refractivity (Wildman–Crippen MR) is 88.9 cm³/mol. The SMILES string of the molecule is CC(NC(=O)c1ccccc1)C(=O)N(C)CCc1ccccn1. The summed E-state index contributed by atoms with van der Waals surface area (Å²) >= 11 is 0. The van der Waals surface area contributed by atoms with Crippen LogP contribution in [0.4, 0.5) is 0 Å². The standard InChI is InChI=1S/C18H21N3O2/c1-14(20-17(22)15-8-4-3-5-9-15)18(23)21(2)13-11-16-10-6-7-12-19-16/h3-10,12,14H,11,13H2,1-2H3,(H,20,22). The summed E-state index contributed by atoms with van der Waals surface area (Å²) in [5.41, 5.74) is 1.48. The number of nitrogens with zero attached hydrogens (tertiary/aromatic N) is 2. The highest BCUT2D eigenvalue weighted by Gasteiger charge is 2.19. The van der Waals surface area contributed by atoms with Crippen LogP contribution in [0.25, 0.3) is 0 Å². The van der Waals surface area contributed by atoms with E-state index in [2.05, 4.69) is 10.3 Å². The summed E-state index contributed by atoms with van der Waals surface area (Å²) in [5.74, 6) is -0.366. The van der Waals surface area contributed by atoms with Crippen molar-refractivity contribution in [3.05, 3.63) is 66.0 Å². The molecule has 5 heteroatoms. The normalized spacial score (nSPS) is 11.6. The Kier molecular flexibility index (Phi) is 5.86. The number of aromatic nitrogens is 1. The zero-order valence-corrected chi connectivity index (χ0v) is 13.4. The Morgan fingerprint density at radius 3 is 2.48 bits per heavy atom. The fraction of sp³-hybridized carbons (Fsp3) is 0.278. The molecule has 1 unspecified atom stereocenters. The third-order valence-corrected chi connectivity index (χ3v) is 3.56. The van der Waals surface area contributed by atoms with Crippen molar-refractivity contribution in [2.45, 2.75) is 19.4 Å². The lowest BCUT2D eigenvalue weighted by atomic mass is 10.2. The van der Waals surface area contributed by atoms with Crippen LogP contribution in [0, 0.1) is 0 Å². The van der Waals surface area contributed by atoms with Gasteiger partial charge in [-0.15, -0.1) is 0 Å². The summed E-state index contributed by atoms with van der Waals surface area (Å²) in [7, 11) is 1.73. The minimum absolute atomic E-state index is 0.120. The van der Waals surface area contributed by atoms with Gasteiger partial charge in [-0.2, -0.15) is 0 Å². The highest BCUT2D eigenvalue weighted by Crippen LogP contribution is 2.02. The zero-order valence-electron chi connectivity index (χ0n) is 13.4. The number of rotatable bonds is 6. The largest absolute Gasteiger partial charge is 0.344 e. The maximum Gasteiger partial charge on any atom is 0.251 e. The summed E-state index contributed by atoms with van der Waals surface area (Å²) in [6, 6.07) is 14.0. The number of amides is 2. The Bertz CT molecular complexity index is 644. The van der Waals surface area contributed by atoms with E-state index in [1.54, 1.807) is 49.3 Å². The highest BCUT2D eigenvalue weighted by molar-refractivity contribution is 5.97. The van der Waals surface area contributed by atoms with Crippen LogP contribution in [0.1, 0.15) is 23.0 Å². The molecule has 0 fully saturated rings. The molecule has 0 saturated heterocycles. The molecule has 2 amide bonds. The Hall–Kier alpha value is -2.69. The Labute approximate surface area is 136 Å². The maximum atomic E-state index is 12.3. The summed E-state index contributed by atoms with van der Waals surface area (Å²) in [4.78, 5) is 30.2. The van der Waals surface area contributed by atoms with Crippen molar-refractivity contribution in [2.75, 3.05) is 13.6 Å². The monoisotopic (exact) mass is 311 g/mol. The van der Waals surface area contributed by atoms with Crippen LogP contribution >= 0.6 is 0 Å². The topological polar surface area (TPSA) is 62.3 Å². The highest BCUT2D eigenvalue weighted by atomic mass is 16.2. The van der Waals surface area contributed by atoms with Gasteiger partial charge in [0, 0.05) is 37.5 Å². The Morgan fingerprint density at radius 1 is 1.13 bits per heavy atom. The number of nitrogens with one attached hydrogen (secondary N) is 1. The quantitative estimate of drug-likeness (QED) is 0.886. The molecule has 1 atom stereocenters. The van der Waals surface area contributed by atoms with Crippen LogP contribution in [0.3, 0.4) is 0 Å². The molecule has 0 aliphatic rings. The minimum atomic E-state index is -0.573. The van der Waals surface area contributed by atoms with Gasteiger partial charge < -0.3 is 10.2 Å². The van der Waals surface area contributed by atoms with Gasteiger partial charge in [0.15, 0.2) is 0 Å². The Balaban J connectivity index is 1.85. The molecule has 1 N–H and O–H groups in total. The van der Waals surface area contributed by atoms with Crippen molar-refractivity contribution < 1.29 is 9.59 Å². The average Bonchev–Trinajstić information content (AvgIpc) is 2.60. The van der Waals surface area contributed by atoms with Crippen LogP contribution in [0.2, 0.25) is 0 Å². The van der Waals surface area contributed by atoms with Gasteiger partial charge in [-0.1, -0.05) is 24.3 Å². The van der Waals surface area contributed by atoms with E-state index in [0.717, 1.165) is 5.69 Å². The van der Waals surface area contributed by atoms with Gasteiger partial charge >= 0.3 is 0 Å². The van der Waals surface area contributed by atoms with Gasteiger partial charge in [0.05, 0.1) is 0 Å². The van der Waals surface area contributed by atoms with Gasteiger partial charge in [0.25, 0.3) is 5.91 Å². The average molecular weight is 311 g/mol. The number of carbonyl (C=O) groups excluding carboxylic acids is 2. The van der Waals surface area contributed by atoms with E-state index < -0.39 is 6.04 Å². The molecule has 0 aliphatic carbocycles. The van der Waals surface area contributed by atoms with E-state index in [1.165, 1.54) is 0 Å². The summed E-state index contributed by atoms with van der Waals surface area (Å²) < 4.78 is 0. The van der Waals surface area contributed by atoms with E-state index in [-0.39, 0.29) is 11.8 Å². The molecule has 1 aromatic heterocycles. The first-order valence-electron chi connectivity index (χ1n) is 7.58. The van der Waals surface area contributed by atoms with E-state index in [0.29, 0.717) is 18.5 Å². The molecular weight excluding hydrogens is 290 g/mol. The summed E-state index contributed by atoms with van der Waals surface area (Å²) in [6.07, 6.45) is 2.42. The molecule has 1 aromatic carbocycles. The fourth-order valence-electron chi connectivity index (χ4n) is 2.20. The van der Waals surface area contributed by atoms with Crippen LogP contribution in [0.5, 0.6) is 0 Å². The minimum Gasteiger partial charge on any atom is -0.344 e. The van der Waals surface area contributed by atoms with Crippen molar-refractivity contribution in [1.29, 1.82) is 0 Å². The van der Waals surface area contributed by atoms with Crippen LogP contribution in [0.15, 0.2) is 54.7 Å². The van der Waals surface area contributed by atoms with Crippen molar-refractivity contribution in [3.63, 3.8) is 0 Å². The van der Waals surface area contributed by atoms with Gasteiger partial charge in [-0.05, 0) is 31.2 Å². The first kappa shape index (κ1) is 16.7. The van der Waals surface area contributed by atoms with Gasteiger partial charge in [0.2, 0.25) is 5.91 Å². The Morgan fingerprint density at radius 2 is 1.83 bits per heavy atom. The molecule has 23 heavy (non-hydrogen) atoms. The zero-order chi connectivity index (χ0) is 16.7. The number of carbonyl (C=O) groups is 2. The van der Waals surface area contributed by atoms with Crippen molar-refractivity contribution in [2.24, 2.45) is 0 Å². The lowest BCUT2D eigenvalue weighted by Gasteiger charge is -2.22. The van der Waals surface area contributed by atoms with Crippen LogP contribution in [-0.4, -0.2) is 41.3 Å². The lowest BCUT2D eigenvalue weighted by Crippen LogP contribution is -2.46. The second-order valence-corrected chi connectivity index (χ2v) is 5.39.